The van der Waals surface area contributed by atoms with Crippen LogP contribution in [-0.4, -0.2) is 35.4 Å². The van der Waals surface area contributed by atoms with E-state index in [4.69, 9.17) is 26.1 Å². The molecule has 0 aliphatic heterocycles. The third-order valence-corrected chi connectivity index (χ3v) is 8.65. The monoisotopic (exact) mass is 614 g/mol. The van der Waals surface area contributed by atoms with Crippen molar-refractivity contribution in [3.63, 3.8) is 0 Å². The van der Waals surface area contributed by atoms with Gasteiger partial charge in [-0.2, -0.15) is 13.2 Å². The standard InChI is InChI=1S/C32H40ClF5N2O2/c1-4-6-7-22(10-11-24(5-2)32(36,37)38)20-42-25-12-13-26(27(18-25)41-3)28-29(33)40(19-21-8-9-21)30(39-28)23-14-16-31(34,35)17-15-23/h5,10-12,18,21,23,26H,2,4,6-9,13-17,19-20H2,1,3H3/b22-10+,24-11+. The van der Waals surface area contributed by atoms with E-state index in [1.165, 1.54) is 6.08 Å². The summed E-state index contributed by atoms with van der Waals surface area (Å²) in [6.07, 6.45) is 8.03. The van der Waals surface area contributed by atoms with Crippen molar-refractivity contribution >= 4 is 11.6 Å². The van der Waals surface area contributed by atoms with Crippen molar-refractivity contribution in [3.8, 4) is 0 Å². The van der Waals surface area contributed by atoms with E-state index in [9.17, 15) is 22.0 Å². The molecule has 2 saturated carbocycles. The Balaban J connectivity index is 1.51. The Morgan fingerprint density at radius 2 is 1.90 bits per heavy atom. The van der Waals surface area contributed by atoms with Gasteiger partial charge in [-0.15, -0.1) is 0 Å². The number of alkyl halides is 5. The zero-order chi connectivity index (χ0) is 30.5. The molecule has 1 unspecified atom stereocenters. The summed E-state index contributed by atoms with van der Waals surface area (Å²) in [5.74, 6) is -0.476. The summed E-state index contributed by atoms with van der Waals surface area (Å²) in [6.45, 7) is 6.16. The molecule has 4 rings (SSSR count). The largest absolute Gasteiger partial charge is 0.500 e. The van der Waals surface area contributed by atoms with Gasteiger partial charge in [-0.05, 0) is 68.6 Å². The van der Waals surface area contributed by atoms with E-state index in [-0.39, 0.29) is 31.3 Å². The molecule has 1 aromatic heterocycles. The average molecular weight is 615 g/mol. The summed E-state index contributed by atoms with van der Waals surface area (Å²) in [4.78, 5) is 4.97. The SMILES string of the molecule is C=C/C(=C\C=C(/CCCC)COC1=CCC(c2nc(C3CCC(F)(F)CC3)n(CC3CC3)c2Cl)C(OC)=C1)C(F)(F)F. The number of aromatic nitrogens is 2. The van der Waals surface area contributed by atoms with E-state index in [0.29, 0.717) is 54.0 Å². The first-order chi connectivity index (χ1) is 20.0. The second kappa shape index (κ2) is 13.8. The average Bonchev–Trinajstić information content (AvgIpc) is 3.72. The topological polar surface area (TPSA) is 36.3 Å². The van der Waals surface area contributed by atoms with Crippen LogP contribution < -0.4 is 0 Å². The number of hydrogen-bond donors (Lipinski definition) is 0. The van der Waals surface area contributed by atoms with Gasteiger partial charge in [0.2, 0.25) is 5.92 Å². The fraction of sp³-hybridized carbons (Fsp3) is 0.594. The summed E-state index contributed by atoms with van der Waals surface area (Å²) in [5, 5.41) is 0.527. The van der Waals surface area contributed by atoms with Crippen LogP contribution in [0, 0.1) is 5.92 Å². The lowest BCUT2D eigenvalue weighted by atomic mass is 9.86. The van der Waals surface area contributed by atoms with Gasteiger partial charge >= 0.3 is 6.18 Å². The molecule has 0 radical (unpaired) electrons. The van der Waals surface area contributed by atoms with E-state index in [2.05, 4.69) is 6.58 Å². The molecule has 3 aliphatic carbocycles. The van der Waals surface area contributed by atoms with Gasteiger partial charge in [0.1, 0.15) is 29.1 Å². The number of nitrogens with zero attached hydrogens (tertiary/aromatic N) is 2. The van der Waals surface area contributed by atoms with Crippen molar-refractivity contribution in [2.45, 2.75) is 102 Å². The van der Waals surface area contributed by atoms with Crippen LogP contribution in [0.25, 0.3) is 0 Å². The predicted octanol–water partition coefficient (Wildman–Crippen LogP) is 9.95. The fourth-order valence-corrected chi connectivity index (χ4v) is 5.83. The van der Waals surface area contributed by atoms with Gasteiger partial charge in [-0.3, -0.25) is 0 Å². The lowest BCUT2D eigenvalue weighted by Gasteiger charge is -2.28. The number of unbranched alkanes of at least 4 members (excludes halogenated alkanes) is 1. The number of halogens is 6. The first-order valence-corrected chi connectivity index (χ1v) is 15.1. The molecule has 1 atom stereocenters. The lowest BCUT2D eigenvalue weighted by Crippen LogP contribution is -2.25. The fourth-order valence-electron chi connectivity index (χ4n) is 5.50. The minimum absolute atomic E-state index is 0.0658. The maximum absolute atomic E-state index is 13.9. The number of hydrogen-bond acceptors (Lipinski definition) is 3. The molecule has 0 amide bonds. The molecule has 10 heteroatoms. The van der Waals surface area contributed by atoms with Crippen LogP contribution in [0.5, 0.6) is 0 Å². The summed E-state index contributed by atoms with van der Waals surface area (Å²) >= 11 is 6.94. The highest BCUT2D eigenvalue weighted by molar-refractivity contribution is 6.30. The van der Waals surface area contributed by atoms with E-state index < -0.39 is 17.7 Å². The third-order valence-electron chi connectivity index (χ3n) is 8.25. The van der Waals surface area contributed by atoms with Crippen LogP contribution in [0.1, 0.15) is 94.5 Å². The minimum Gasteiger partial charge on any atom is -0.500 e. The zero-order valence-electron chi connectivity index (χ0n) is 24.3. The van der Waals surface area contributed by atoms with Crippen LogP contribution in [0.3, 0.4) is 0 Å². The molecule has 0 spiro atoms. The maximum Gasteiger partial charge on any atom is 0.416 e. The van der Waals surface area contributed by atoms with Crippen molar-refractivity contribution in [2.75, 3.05) is 13.7 Å². The second-order valence-electron chi connectivity index (χ2n) is 11.5. The molecule has 0 bridgehead atoms. The smallest absolute Gasteiger partial charge is 0.416 e. The van der Waals surface area contributed by atoms with Gasteiger partial charge in [0.15, 0.2) is 0 Å². The van der Waals surface area contributed by atoms with E-state index in [1.807, 2.05) is 17.6 Å². The molecule has 0 saturated heterocycles. The Bertz CT molecular complexity index is 1230. The van der Waals surface area contributed by atoms with Gasteiger partial charge in [0.25, 0.3) is 0 Å². The zero-order valence-corrected chi connectivity index (χ0v) is 25.0. The van der Waals surface area contributed by atoms with Crippen molar-refractivity contribution in [3.05, 3.63) is 76.3 Å². The van der Waals surface area contributed by atoms with Crippen LogP contribution in [0.2, 0.25) is 5.15 Å². The van der Waals surface area contributed by atoms with Crippen LogP contribution in [0.4, 0.5) is 22.0 Å². The van der Waals surface area contributed by atoms with Crippen LogP contribution >= 0.6 is 11.6 Å². The lowest BCUT2D eigenvalue weighted by molar-refractivity contribution is -0.0881. The number of imidazole rings is 1. The normalized spacial score (nSPS) is 22.0. The Morgan fingerprint density at radius 3 is 2.50 bits per heavy atom. The molecule has 2 fully saturated rings. The van der Waals surface area contributed by atoms with Crippen molar-refractivity contribution in [1.82, 2.24) is 9.55 Å². The summed E-state index contributed by atoms with van der Waals surface area (Å²) < 4.78 is 81.0. The van der Waals surface area contributed by atoms with Crippen LogP contribution in [-0.2, 0) is 16.0 Å². The summed E-state index contributed by atoms with van der Waals surface area (Å²) in [6, 6.07) is 0. The van der Waals surface area contributed by atoms with Gasteiger partial charge in [0.05, 0.1) is 24.3 Å². The third kappa shape index (κ3) is 8.29. The van der Waals surface area contributed by atoms with Gasteiger partial charge < -0.3 is 14.0 Å². The Morgan fingerprint density at radius 1 is 1.19 bits per heavy atom. The van der Waals surface area contributed by atoms with E-state index in [1.54, 1.807) is 13.2 Å². The van der Waals surface area contributed by atoms with Crippen molar-refractivity contribution in [2.24, 2.45) is 5.92 Å². The van der Waals surface area contributed by atoms with Crippen molar-refractivity contribution < 1.29 is 31.4 Å². The molecular weight excluding hydrogens is 575 g/mol. The number of methoxy groups -OCH3 is 1. The van der Waals surface area contributed by atoms with E-state index in [0.717, 1.165) is 55.8 Å². The molecule has 1 aromatic rings. The number of ether oxygens (including phenoxy) is 2. The quantitative estimate of drug-likeness (QED) is 0.164. The molecule has 4 nitrogen and oxygen atoms in total. The molecule has 232 valence electrons. The number of allylic oxidation sites excluding steroid dienone is 7. The Labute approximate surface area is 250 Å². The molecule has 0 aromatic carbocycles. The Kier molecular flexibility index (Phi) is 10.7. The summed E-state index contributed by atoms with van der Waals surface area (Å²) in [5.41, 5.74) is 0.600. The van der Waals surface area contributed by atoms with Crippen LogP contribution in [0.15, 0.2) is 59.6 Å². The highest BCUT2D eigenvalue weighted by Gasteiger charge is 2.39. The highest BCUT2D eigenvalue weighted by Crippen LogP contribution is 2.45. The predicted molar refractivity (Wildman–Crippen MR) is 155 cm³/mol. The van der Waals surface area contributed by atoms with Crippen molar-refractivity contribution in [1.29, 1.82) is 0 Å². The second-order valence-corrected chi connectivity index (χ2v) is 11.9. The maximum atomic E-state index is 13.9. The molecule has 42 heavy (non-hydrogen) atoms. The van der Waals surface area contributed by atoms with Gasteiger partial charge in [-0.25, -0.2) is 13.8 Å². The first kappa shape index (κ1) is 32.4. The molecule has 0 N–H and O–H groups in total. The van der Waals surface area contributed by atoms with Gasteiger partial charge in [-0.1, -0.05) is 43.7 Å². The Hall–Kier alpha value is -2.55. The van der Waals surface area contributed by atoms with E-state index >= 15 is 0 Å². The number of rotatable bonds is 13. The molecule has 3 aliphatic rings. The molecular formula is C32H40ClF5N2O2. The minimum atomic E-state index is -4.47. The highest BCUT2D eigenvalue weighted by atomic mass is 35.5. The molecule has 1 heterocycles. The first-order valence-electron chi connectivity index (χ1n) is 14.8. The van der Waals surface area contributed by atoms with Gasteiger partial charge in [0, 0.05) is 31.4 Å². The summed E-state index contributed by atoms with van der Waals surface area (Å²) in [7, 11) is 1.56.